The number of methoxy groups -OCH3 is 2. The van der Waals surface area contributed by atoms with Crippen LogP contribution >= 0.6 is 0 Å². The van der Waals surface area contributed by atoms with Crippen LogP contribution in [0, 0.1) is 6.92 Å². The predicted molar refractivity (Wildman–Crippen MR) is 92.9 cm³/mol. The van der Waals surface area contributed by atoms with Gasteiger partial charge in [0.05, 0.1) is 20.8 Å². The second kappa shape index (κ2) is 7.42. The Kier molecular flexibility index (Phi) is 5.06. The molecule has 0 unspecified atom stereocenters. The van der Waals surface area contributed by atoms with Gasteiger partial charge in [-0.15, -0.1) is 0 Å². The fourth-order valence-corrected chi connectivity index (χ4v) is 2.96. The molecule has 1 aliphatic rings. The van der Waals surface area contributed by atoms with Crippen molar-refractivity contribution in [2.75, 3.05) is 27.8 Å². The minimum atomic E-state index is 0.447. The van der Waals surface area contributed by atoms with E-state index in [1.165, 1.54) is 11.1 Å². The Balaban J connectivity index is 1.71. The predicted octanol–water partition coefficient (Wildman–Crippen LogP) is 1.53. The van der Waals surface area contributed by atoms with Crippen molar-refractivity contribution in [3.63, 3.8) is 0 Å². The van der Waals surface area contributed by atoms with Crippen molar-refractivity contribution in [2.24, 2.45) is 4.99 Å². The van der Waals surface area contributed by atoms with Crippen LogP contribution in [0.25, 0.3) is 0 Å². The fourth-order valence-electron chi connectivity index (χ4n) is 2.96. The van der Waals surface area contributed by atoms with Gasteiger partial charge in [-0.1, -0.05) is 5.16 Å². The van der Waals surface area contributed by atoms with E-state index in [1.54, 1.807) is 28.2 Å². The first-order valence-electron chi connectivity index (χ1n) is 8.13. The number of aromatic nitrogens is 2. The summed E-state index contributed by atoms with van der Waals surface area (Å²) in [5, 5.41) is 7.07. The van der Waals surface area contributed by atoms with Crippen LogP contribution in [-0.4, -0.2) is 48.8 Å². The molecule has 0 atom stereocenters. The van der Waals surface area contributed by atoms with Gasteiger partial charge in [0.15, 0.2) is 23.3 Å². The molecule has 3 rings (SSSR count). The largest absolute Gasteiger partial charge is 0.493 e. The van der Waals surface area contributed by atoms with Crippen molar-refractivity contribution in [3.8, 4) is 11.5 Å². The summed E-state index contributed by atoms with van der Waals surface area (Å²) in [4.78, 5) is 10.8. The van der Waals surface area contributed by atoms with Gasteiger partial charge in [-0.2, -0.15) is 4.98 Å². The molecule has 2 heterocycles. The monoisotopic (exact) mass is 345 g/mol. The van der Waals surface area contributed by atoms with Gasteiger partial charge in [0.25, 0.3) is 0 Å². The molecule has 0 bridgehead atoms. The van der Waals surface area contributed by atoms with Crippen LogP contribution in [0.5, 0.6) is 11.5 Å². The number of aryl methyl sites for hydroxylation is 1. The highest BCUT2D eigenvalue weighted by Crippen LogP contribution is 2.33. The van der Waals surface area contributed by atoms with E-state index in [1.807, 2.05) is 6.07 Å². The maximum atomic E-state index is 5.42. The van der Waals surface area contributed by atoms with Crippen molar-refractivity contribution in [2.45, 2.75) is 26.4 Å². The molecule has 1 aromatic carbocycles. The number of fused-ring (bicyclic) bond motifs is 1. The summed E-state index contributed by atoms with van der Waals surface area (Å²) in [6, 6.07) is 4.10. The summed E-state index contributed by atoms with van der Waals surface area (Å²) in [5.41, 5.74) is 2.48. The van der Waals surface area contributed by atoms with E-state index >= 15 is 0 Å². The van der Waals surface area contributed by atoms with Gasteiger partial charge in [0.1, 0.15) is 0 Å². The molecule has 0 aliphatic carbocycles. The second-order valence-electron chi connectivity index (χ2n) is 5.78. The lowest BCUT2D eigenvalue weighted by molar-refractivity contribution is 0.342. The number of nitrogens with zero attached hydrogens (tertiary/aromatic N) is 4. The molecule has 1 N–H and O–H groups in total. The number of hydrogen-bond donors (Lipinski definition) is 1. The zero-order chi connectivity index (χ0) is 17.8. The van der Waals surface area contributed by atoms with Gasteiger partial charge in [-0.05, 0) is 36.6 Å². The maximum absolute atomic E-state index is 5.42. The van der Waals surface area contributed by atoms with E-state index in [0.717, 1.165) is 37.0 Å². The molecule has 0 saturated carbocycles. The third kappa shape index (κ3) is 3.67. The minimum absolute atomic E-state index is 0.447. The molecule has 0 spiro atoms. The van der Waals surface area contributed by atoms with Crippen molar-refractivity contribution in [3.05, 3.63) is 35.0 Å². The molecule has 134 valence electrons. The van der Waals surface area contributed by atoms with Crippen LogP contribution < -0.4 is 14.8 Å². The Morgan fingerprint density at radius 1 is 1.28 bits per heavy atom. The number of aliphatic imine (C=N–C) groups is 1. The molecule has 0 fully saturated rings. The summed E-state index contributed by atoms with van der Waals surface area (Å²) < 4.78 is 15.9. The zero-order valence-electron chi connectivity index (χ0n) is 15.0. The Morgan fingerprint density at radius 2 is 2.00 bits per heavy atom. The quantitative estimate of drug-likeness (QED) is 0.664. The highest BCUT2D eigenvalue weighted by molar-refractivity contribution is 5.80. The van der Waals surface area contributed by atoms with Crippen molar-refractivity contribution in [1.29, 1.82) is 0 Å². The SMILES string of the molecule is CN=C(NCc1nc(C)no1)N1CCc2cc(OC)c(OC)cc2C1. The van der Waals surface area contributed by atoms with Crippen LogP contribution in [0.3, 0.4) is 0 Å². The highest BCUT2D eigenvalue weighted by atomic mass is 16.5. The topological polar surface area (TPSA) is 85.0 Å². The summed E-state index contributed by atoms with van der Waals surface area (Å²) >= 11 is 0. The summed E-state index contributed by atoms with van der Waals surface area (Å²) in [6.07, 6.45) is 0.913. The number of nitrogens with one attached hydrogen (secondary N) is 1. The molecule has 0 amide bonds. The Hall–Kier alpha value is -2.77. The van der Waals surface area contributed by atoms with Gasteiger partial charge in [-0.25, -0.2) is 0 Å². The van der Waals surface area contributed by atoms with Gasteiger partial charge >= 0.3 is 0 Å². The standard InChI is InChI=1S/C17H23N5O3/c1-11-20-16(25-21-11)9-19-17(18-2)22-6-5-12-7-14(23-3)15(24-4)8-13(12)10-22/h7-8H,5-6,9-10H2,1-4H3,(H,18,19). The van der Waals surface area contributed by atoms with Gasteiger partial charge < -0.3 is 24.2 Å². The molecular formula is C17H23N5O3. The van der Waals surface area contributed by atoms with Crippen LogP contribution in [-0.2, 0) is 19.5 Å². The van der Waals surface area contributed by atoms with E-state index < -0.39 is 0 Å². The minimum Gasteiger partial charge on any atom is -0.493 e. The average molecular weight is 345 g/mol. The fraction of sp³-hybridized carbons (Fsp3) is 0.471. The molecule has 1 aliphatic heterocycles. The average Bonchev–Trinajstić information content (AvgIpc) is 3.06. The normalized spacial score (nSPS) is 14.2. The molecular weight excluding hydrogens is 322 g/mol. The van der Waals surface area contributed by atoms with Gasteiger partial charge in [0, 0.05) is 20.1 Å². The molecule has 0 saturated heterocycles. The lowest BCUT2D eigenvalue weighted by atomic mass is 9.99. The summed E-state index contributed by atoms with van der Waals surface area (Å²) in [6.45, 7) is 3.86. The number of hydrogen-bond acceptors (Lipinski definition) is 6. The lowest BCUT2D eigenvalue weighted by Crippen LogP contribution is -2.43. The number of guanidine groups is 1. The molecule has 0 radical (unpaired) electrons. The third-order valence-electron chi connectivity index (χ3n) is 4.20. The first-order valence-corrected chi connectivity index (χ1v) is 8.13. The zero-order valence-corrected chi connectivity index (χ0v) is 15.0. The Morgan fingerprint density at radius 3 is 2.60 bits per heavy atom. The number of benzene rings is 1. The maximum Gasteiger partial charge on any atom is 0.246 e. The van der Waals surface area contributed by atoms with E-state index in [-0.39, 0.29) is 0 Å². The van der Waals surface area contributed by atoms with E-state index in [4.69, 9.17) is 14.0 Å². The van der Waals surface area contributed by atoms with Crippen LogP contribution in [0.4, 0.5) is 0 Å². The third-order valence-corrected chi connectivity index (χ3v) is 4.20. The van der Waals surface area contributed by atoms with E-state index in [0.29, 0.717) is 18.3 Å². The summed E-state index contributed by atoms with van der Waals surface area (Å²) in [5.74, 6) is 3.48. The lowest BCUT2D eigenvalue weighted by Gasteiger charge is -2.32. The molecule has 25 heavy (non-hydrogen) atoms. The van der Waals surface area contributed by atoms with Crippen LogP contribution in [0.1, 0.15) is 22.8 Å². The van der Waals surface area contributed by atoms with Gasteiger partial charge in [-0.3, -0.25) is 4.99 Å². The molecule has 2 aromatic rings. The Bertz CT molecular complexity index is 772. The highest BCUT2D eigenvalue weighted by Gasteiger charge is 2.22. The number of rotatable bonds is 4. The molecule has 8 nitrogen and oxygen atoms in total. The van der Waals surface area contributed by atoms with Crippen molar-refractivity contribution >= 4 is 5.96 Å². The molecule has 8 heteroatoms. The summed E-state index contributed by atoms with van der Waals surface area (Å²) in [7, 11) is 5.08. The first-order chi connectivity index (χ1) is 12.1. The van der Waals surface area contributed by atoms with Crippen molar-refractivity contribution in [1.82, 2.24) is 20.4 Å². The van der Waals surface area contributed by atoms with Crippen LogP contribution in [0.2, 0.25) is 0 Å². The molecule has 1 aromatic heterocycles. The van der Waals surface area contributed by atoms with Crippen LogP contribution in [0.15, 0.2) is 21.6 Å². The number of ether oxygens (including phenoxy) is 2. The second-order valence-corrected chi connectivity index (χ2v) is 5.78. The Labute approximate surface area is 146 Å². The van der Waals surface area contributed by atoms with E-state index in [9.17, 15) is 0 Å². The smallest absolute Gasteiger partial charge is 0.246 e. The van der Waals surface area contributed by atoms with E-state index in [2.05, 4.69) is 31.4 Å². The van der Waals surface area contributed by atoms with Gasteiger partial charge in [0.2, 0.25) is 5.89 Å². The first kappa shape index (κ1) is 17.1. The van der Waals surface area contributed by atoms with Crippen molar-refractivity contribution < 1.29 is 14.0 Å².